The van der Waals surface area contributed by atoms with E-state index in [1.54, 1.807) is 0 Å². The molecule has 0 saturated heterocycles. The van der Waals surface area contributed by atoms with E-state index in [4.69, 9.17) is 16.7 Å². The SMILES string of the molecule is O=C(O)CCCCCNc1nc(-c2sccc2Cl)nc2ccccc12. The van der Waals surface area contributed by atoms with Crippen LogP contribution >= 0.6 is 22.9 Å². The second kappa shape index (κ2) is 8.27. The van der Waals surface area contributed by atoms with Gasteiger partial charge in [-0.15, -0.1) is 11.3 Å². The van der Waals surface area contributed by atoms with Crippen molar-refractivity contribution < 1.29 is 9.90 Å². The summed E-state index contributed by atoms with van der Waals surface area (Å²) < 4.78 is 0. The van der Waals surface area contributed by atoms with Crippen molar-refractivity contribution in [1.29, 1.82) is 0 Å². The van der Waals surface area contributed by atoms with Crippen LogP contribution in [0.4, 0.5) is 5.82 Å². The summed E-state index contributed by atoms with van der Waals surface area (Å²) >= 11 is 7.74. The van der Waals surface area contributed by atoms with Crippen molar-refractivity contribution in [3.8, 4) is 10.7 Å². The lowest BCUT2D eigenvalue weighted by atomic mass is 10.2. The molecule has 2 aromatic heterocycles. The molecule has 0 aliphatic heterocycles. The lowest BCUT2D eigenvalue weighted by Gasteiger charge is -2.10. The van der Waals surface area contributed by atoms with Crippen LogP contribution in [-0.4, -0.2) is 27.6 Å². The number of anilines is 1. The van der Waals surface area contributed by atoms with Crippen LogP contribution in [0.2, 0.25) is 5.02 Å². The van der Waals surface area contributed by atoms with Crippen LogP contribution in [0.5, 0.6) is 0 Å². The van der Waals surface area contributed by atoms with Crippen molar-refractivity contribution in [3.05, 3.63) is 40.7 Å². The Bertz CT molecular complexity index is 882. The van der Waals surface area contributed by atoms with Gasteiger partial charge in [-0.1, -0.05) is 30.2 Å². The predicted molar refractivity (Wildman–Crippen MR) is 102 cm³/mol. The van der Waals surface area contributed by atoms with Crippen LogP contribution in [0.3, 0.4) is 0 Å². The third-order valence-electron chi connectivity index (χ3n) is 3.78. The van der Waals surface area contributed by atoms with E-state index in [1.165, 1.54) is 11.3 Å². The van der Waals surface area contributed by atoms with E-state index in [1.807, 2.05) is 35.7 Å². The van der Waals surface area contributed by atoms with Crippen molar-refractivity contribution in [1.82, 2.24) is 9.97 Å². The number of hydrogen-bond donors (Lipinski definition) is 2. The van der Waals surface area contributed by atoms with Gasteiger partial charge in [0.25, 0.3) is 0 Å². The largest absolute Gasteiger partial charge is 0.481 e. The zero-order valence-corrected chi connectivity index (χ0v) is 15.1. The van der Waals surface area contributed by atoms with Gasteiger partial charge in [-0.25, -0.2) is 9.97 Å². The van der Waals surface area contributed by atoms with E-state index < -0.39 is 5.97 Å². The zero-order valence-electron chi connectivity index (χ0n) is 13.5. The summed E-state index contributed by atoms with van der Waals surface area (Å²) in [5.74, 6) is 0.655. The Morgan fingerprint density at radius 2 is 2.00 bits per heavy atom. The number of nitrogens with zero attached hydrogens (tertiary/aromatic N) is 2. The maximum atomic E-state index is 10.5. The molecular weight excluding hydrogens is 358 g/mol. The minimum Gasteiger partial charge on any atom is -0.481 e. The molecule has 0 fully saturated rings. The van der Waals surface area contributed by atoms with Crippen molar-refractivity contribution in [3.63, 3.8) is 0 Å². The van der Waals surface area contributed by atoms with Crippen LogP contribution in [0.25, 0.3) is 21.6 Å². The first kappa shape index (κ1) is 17.6. The number of fused-ring (bicyclic) bond motifs is 1. The Kier molecular flexibility index (Phi) is 5.83. The molecule has 0 aliphatic rings. The molecule has 0 aliphatic carbocycles. The van der Waals surface area contributed by atoms with Gasteiger partial charge in [-0.2, -0.15) is 0 Å². The van der Waals surface area contributed by atoms with Crippen LogP contribution < -0.4 is 5.32 Å². The van der Waals surface area contributed by atoms with Gasteiger partial charge in [-0.3, -0.25) is 4.79 Å². The highest BCUT2D eigenvalue weighted by atomic mass is 35.5. The smallest absolute Gasteiger partial charge is 0.303 e. The van der Waals surface area contributed by atoms with E-state index in [2.05, 4.69) is 15.3 Å². The molecule has 130 valence electrons. The summed E-state index contributed by atoms with van der Waals surface area (Å²) in [6.07, 6.45) is 2.67. The molecule has 1 aromatic carbocycles. The first-order valence-electron chi connectivity index (χ1n) is 8.11. The van der Waals surface area contributed by atoms with E-state index in [9.17, 15) is 4.79 Å². The third-order valence-corrected chi connectivity index (χ3v) is 5.12. The lowest BCUT2D eigenvalue weighted by molar-refractivity contribution is -0.137. The number of carboxylic acids is 1. The Labute approximate surface area is 154 Å². The van der Waals surface area contributed by atoms with Crippen LogP contribution in [0.15, 0.2) is 35.7 Å². The molecule has 3 rings (SSSR count). The standard InChI is InChI=1S/C18H18ClN3O2S/c19-13-9-11-25-16(13)18-21-14-7-4-3-6-12(14)17(22-18)20-10-5-1-2-8-15(23)24/h3-4,6-7,9,11H,1-2,5,8,10H2,(H,23,24)(H,20,21,22). The molecule has 25 heavy (non-hydrogen) atoms. The van der Waals surface area contributed by atoms with E-state index in [0.717, 1.165) is 41.0 Å². The quantitative estimate of drug-likeness (QED) is 0.537. The monoisotopic (exact) mass is 375 g/mol. The molecule has 0 radical (unpaired) electrons. The molecule has 0 atom stereocenters. The number of thiophene rings is 1. The number of unbranched alkanes of at least 4 members (excludes halogenated alkanes) is 2. The van der Waals surface area contributed by atoms with Gasteiger partial charge < -0.3 is 10.4 Å². The van der Waals surface area contributed by atoms with Crippen molar-refractivity contribution in [2.75, 3.05) is 11.9 Å². The van der Waals surface area contributed by atoms with Crippen LogP contribution in [0.1, 0.15) is 25.7 Å². The number of benzene rings is 1. The summed E-state index contributed by atoms with van der Waals surface area (Å²) in [5.41, 5.74) is 0.866. The summed E-state index contributed by atoms with van der Waals surface area (Å²) in [6.45, 7) is 0.734. The van der Waals surface area contributed by atoms with Crippen molar-refractivity contribution in [2.45, 2.75) is 25.7 Å². The number of aliphatic carboxylic acids is 1. The van der Waals surface area contributed by atoms with Gasteiger partial charge in [-0.05, 0) is 36.4 Å². The van der Waals surface area contributed by atoms with E-state index in [-0.39, 0.29) is 6.42 Å². The third kappa shape index (κ3) is 4.46. The highest BCUT2D eigenvalue weighted by Crippen LogP contribution is 2.33. The average Bonchev–Trinajstić information content (AvgIpc) is 3.03. The Balaban J connectivity index is 1.76. The Morgan fingerprint density at radius 1 is 1.16 bits per heavy atom. The number of aromatic nitrogens is 2. The Hall–Kier alpha value is -2.18. The molecule has 0 saturated carbocycles. The fourth-order valence-corrected chi connectivity index (χ4v) is 3.62. The number of carboxylic acid groups (broad SMARTS) is 1. The maximum absolute atomic E-state index is 10.5. The number of rotatable bonds is 8. The number of carbonyl (C=O) groups is 1. The first-order chi connectivity index (χ1) is 12.1. The number of halogens is 1. The fourth-order valence-electron chi connectivity index (χ4n) is 2.55. The summed E-state index contributed by atoms with van der Waals surface area (Å²) in [7, 11) is 0. The minimum atomic E-state index is -0.743. The molecule has 3 aromatic rings. The predicted octanol–water partition coefficient (Wildman–Crippen LogP) is 5.07. The van der Waals surface area contributed by atoms with Crippen LogP contribution in [0, 0.1) is 0 Å². The summed E-state index contributed by atoms with van der Waals surface area (Å²) in [5, 5.41) is 15.6. The Morgan fingerprint density at radius 3 is 2.76 bits per heavy atom. The molecule has 7 heteroatoms. The molecule has 0 spiro atoms. The fraction of sp³-hybridized carbons (Fsp3) is 0.278. The van der Waals surface area contributed by atoms with Gasteiger partial charge >= 0.3 is 5.97 Å². The normalized spacial score (nSPS) is 10.9. The highest BCUT2D eigenvalue weighted by Gasteiger charge is 2.12. The molecule has 0 amide bonds. The van der Waals surface area contributed by atoms with Gasteiger partial charge in [0, 0.05) is 18.4 Å². The van der Waals surface area contributed by atoms with Crippen molar-refractivity contribution in [2.24, 2.45) is 0 Å². The highest BCUT2D eigenvalue weighted by molar-refractivity contribution is 7.14. The second-order valence-corrected chi connectivity index (χ2v) is 6.97. The minimum absolute atomic E-state index is 0.220. The molecule has 2 heterocycles. The van der Waals surface area contributed by atoms with Gasteiger partial charge in [0.2, 0.25) is 0 Å². The molecular formula is C18H18ClN3O2S. The molecule has 5 nitrogen and oxygen atoms in total. The van der Waals surface area contributed by atoms with Gasteiger partial charge in [0.15, 0.2) is 5.82 Å². The molecule has 0 unspecified atom stereocenters. The first-order valence-corrected chi connectivity index (χ1v) is 9.37. The van der Waals surface area contributed by atoms with Crippen LogP contribution in [-0.2, 0) is 4.79 Å². The van der Waals surface area contributed by atoms with Crippen molar-refractivity contribution >= 4 is 45.6 Å². The topological polar surface area (TPSA) is 75.1 Å². The summed E-state index contributed by atoms with van der Waals surface area (Å²) in [6, 6.07) is 9.70. The van der Waals surface area contributed by atoms with E-state index >= 15 is 0 Å². The molecule has 0 bridgehead atoms. The lowest BCUT2D eigenvalue weighted by Crippen LogP contribution is -2.06. The summed E-state index contributed by atoms with van der Waals surface area (Å²) in [4.78, 5) is 20.7. The second-order valence-electron chi connectivity index (χ2n) is 5.64. The number of para-hydroxylation sites is 1. The molecule has 2 N–H and O–H groups in total. The van der Waals surface area contributed by atoms with Gasteiger partial charge in [0.05, 0.1) is 15.4 Å². The zero-order chi connectivity index (χ0) is 17.6. The van der Waals surface area contributed by atoms with Gasteiger partial charge in [0.1, 0.15) is 5.82 Å². The van der Waals surface area contributed by atoms with E-state index in [0.29, 0.717) is 17.3 Å². The maximum Gasteiger partial charge on any atom is 0.303 e. The average molecular weight is 376 g/mol. The number of nitrogens with one attached hydrogen (secondary N) is 1. The number of hydrogen-bond acceptors (Lipinski definition) is 5.